The number of nitrogens with two attached hydrogens (primary N) is 1. The smallest absolute Gasteiger partial charge is 0.300 e. The number of benzene rings is 1. The first-order chi connectivity index (χ1) is 24.6. The van der Waals surface area contributed by atoms with E-state index < -0.39 is 29.6 Å². The molecule has 6 rings (SSSR count). The maximum absolute atomic E-state index is 14.0. The number of rotatable bonds is 15. The Kier molecular flexibility index (Phi) is 11.7. The zero-order chi connectivity index (χ0) is 36.3. The van der Waals surface area contributed by atoms with E-state index in [-0.39, 0.29) is 54.3 Å². The molecule has 2 aromatic rings. The number of carbonyl (C=O) groups is 3. The summed E-state index contributed by atoms with van der Waals surface area (Å²) < 4.78 is 8.00. The van der Waals surface area contributed by atoms with E-state index in [4.69, 9.17) is 27.1 Å². The third kappa shape index (κ3) is 7.81. The summed E-state index contributed by atoms with van der Waals surface area (Å²) in [6.45, 7) is 4.24. The summed E-state index contributed by atoms with van der Waals surface area (Å²) in [5, 5.41) is 15.6. The number of nitrogens with one attached hydrogen (secondary N) is 2. The maximum Gasteiger partial charge on any atom is 0.300 e. The van der Waals surface area contributed by atoms with Gasteiger partial charge in [0.05, 0.1) is 29.6 Å². The van der Waals surface area contributed by atoms with Crippen LogP contribution >= 0.6 is 11.6 Å². The number of fused-ring (bicyclic) bond motifs is 1. The summed E-state index contributed by atoms with van der Waals surface area (Å²) in [5.74, 6) is -0.986. The van der Waals surface area contributed by atoms with Gasteiger partial charge in [-0.1, -0.05) is 49.8 Å². The number of halogens is 1. The number of carbonyl (C=O) groups excluding carboxylic acids is 3. The number of ether oxygens (including phenoxy) is 1. The highest BCUT2D eigenvalue weighted by Crippen LogP contribution is 2.45. The van der Waals surface area contributed by atoms with Crippen molar-refractivity contribution in [2.75, 3.05) is 13.6 Å². The summed E-state index contributed by atoms with van der Waals surface area (Å²) >= 11 is 6.28. The fourth-order valence-electron chi connectivity index (χ4n) is 8.58. The molecule has 13 nitrogen and oxygen atoms in total. The Hall–Kier alpha value is -3.52. The monoisotopic (exact) mass is 726 g/mol. The molecular weight excluding hydrogens is 676 g/mol. The van der Waals surface area contributed by atoms with E-state index in [0.717, 1.165) is 64.2 Å². The average Bonchev–Trinajstić information content (AvgIpc) is 3.58. The van der Waals surface area contributed by atoms with E-state index >= 15 is 0 Å². The number of nitrogens with zero attached hydrogens (tertiary/aromatic N) is 3. The van der Waals surface area contributed by atoms with Gasteiger partial charge in [-0.2, -0.15) is 4.98 Å². The van der Waals surface area contributed by atoms with Crippen molar-refractivity contribution < 1.29 is 29.3 Å². The Morgan fingerprint density at radius 1 is 1.18 bits per heavy atom. The molecule has 1 aliphatic heterocycles. The van der Waals surface area contributed by atoms with Gasteiger partial charge < -0.3 is 26.0 Å². The lowest BCUT2D eigenvalue weighted by atomic mass is 9.97. The second kappa shape index (κ2) is 16.0. The maximum atomic E-state index is 14.0. The molecule has 3 saturated carbocycles. The van der Waals surface area contributed by atoms with Crippen LogP contribution in [0.25, 0.3) is 10.9 Å². The number of likely N-dealkylation sites (N-methyl/N-ethyl adjacent to an activating group) is 1. The molecule has 51 heavy (non-hydrogen) atoms. The number of likely N-dealkylation sites (tertiary alicyclic amines) is 1. The number of aromatic nitrogens is 2. The summed E-state index contributed by atoms with van der Waals surface area (Å²) in [7, 11) is 1.52. The van der Waals surface area contributed by atoms with Gasteiger partial charge in [-0.25, -0.2) is 4.89 Å². The van der Waals surface area contributed by atoms with Gasteiger partial charge in [0.1, 0.15) is 17.7 Å². The minimum absolute atomic E-state index is 0.0276. The van der Waals surface area contributed by atoms with Crippen LogP contribution in [0.1, 0.15) is 83.5 Å². The van der Waals surface area contributed by atoms with E-state index in [1.54, 1.807) is 24.3 Å². The van der Waals surface area contributed by atoms with Crippen molar-refractivity contribution in [2.45, 2.75) is 120 Å². The van der Waals surface area contributed by atoms with Gasteiger partial charge in [-0.3, -0.25) is 29.0 Å². The Morgan fingerprint density at radius 3 is 2.67 bits per heavy atom. The zero-order valence-corrected chi connectivity index (χ0v) is 30.1. The molecule has 2 heterocycles. The standard InChI is InChI=1S/C37H51ClN6O7/c1-3-24-20-37(24,35(48)40-2)42-32(45)29-19-26(21-44(29)34(47)31(39)23-11-6-7-12-23)50-36-41-28-18-25(38)15-16-27(28)33(46)43(36)17-8-4-5-10-22-13-9-14-30(22)51-49/h3,15-16,18,22-24,26,29-31,49H,1,4-14,17,19-21,39H2,2H3,(H,40,48)(H,42,45)/t22-,24-,26-,29+,30-,31+,37-/m1/s1. The third-order valence-electron chi connectivity index (χ3n) is 11.7. The van der Waals surface area contributed by atoms with Gasteiger partial charge in [0, 0.05) is 31.0 Å². The minimum Gasteiger partial charge on any atom is -0.459 e. The molecule has 4 aliphatic rings. The Balaban J connectivity index is 1.22. The van der Waals surface area contributed by atoms with E-state index in [1.807, 2.05) is 0 Å². The number of hydrogen-bond donors (Lipinski definition) is 4. The van der Waals surface area contributed by atoms with Crippen LogP contribution in [-0.4, -0.2) is 80.9 Å². The van der Waals surface area contributed by atoms with Crippen LogP contribution in [0.3, 0.4) is 0 Å². The third-order valence-corrected chi connectivity index (χ3v) is 11.9. The van der Waals surface area contributed by atoms with E-state index in [9.17, 15) is 24.4 Å². The first kappa shape index (κ1) is 37.2. The molecule has 1 saturated heterocycles. The van der Waals surface area contributed by atoms with Crippen molar-refractivity contribution in [3.63, 3.8) is 0 Å². The molecule has 7 atom stereocenters. The molecule has 0 radical (unpaired) electrons. The molecule has 3 aliphatic carbocycles. The van der Waals surface area contributed by atoms with Crippen molar-refractivity contribution in [3.8, 4) is 6.01 Å². The van der Waals surface area contributed by atoms with Crippen molar-refractivity contribution in [2.24, 2.45) is 23.5 Å². The van der Waals surface area contributed by atoms with Crippen molar-refractivity contribution in [3.05, 3.63) is 46.2 Å². The predicted octanol–water partition coefficient (Wildman–Crippen LogP) is 3.94. The Bertz CT molecular complexity index is 1680. The average molecular weight is 727 g/mol. The SMILES string of the molecule is C=C[C@@H]1C[C@]1(NC(=O)[C@@H]1C[C@@H](Oc2nc3cc(Cl)ccc3c(=O)n2CCCCC[C@@H]2CCC[C@H]2OO)CN1C(=O)[C@@H](N)C1CCCC1)C(=O)NC. The number of hydrogen-bond acceptors (Lipinski definition) is 9. The van der Waals surface area contributed by atoms with E-state index in [0.29, 0.717) is 41.2 Å². The summed E-state index contributed by atoms with van der Waals surface area (Å²) in [6.07, 6.45) is 11.5. The Morgan fingerprint density at radius 2 is 1.96 bits per heavy atom. The molecular formula is C37H51ClN6O7. The van der Waals surface area contributed by atoms with E-state index in [1.165, 1.54) is 16.5 Å². The first-order valence-electron chi connectivity index (χ1n) is 18.5. The molecule has 0 spiro atoms. The van der Waals surface area contributed by atoms with Crippen LogP contribution in [-0.2, 0) is 25.8 Å². The Labute approximate surface area is 303 Å². The quantitative estimate of drug-likeness (QED) is 0.0916. The zero-order valence-electron chi connectivity index (χ0n) is 29.4. The second-order valence-corrected chi connectivity index (χ2v) is 15.3. The van der Waals surface area contributed by atoms with Crippen LogP contribution < -0.4 is 26.7 Å². The van der Waals surface area contributed by atoms with E-state index in [2.05, 4.69) is 22.1 Å². The second-order valence-electron chi connectivity index (χ2n) is 14.8. The highest BCUT2D eigenvalue weighted by atomic mass is 35.5. The molecule has 3 amide bonds. The molecule has 0 bridgehead atoms. The topological polar surface area (TPSA) is 178 Å². The number of unbranched alkanes of at least 4 members (excludes halogenated alkanes) is 2. The van der Waals surface area contributed by atoms with Crippen molar-refractivity contribution >= 4 is 40.2 Å². The molecule has 0 unspecified atom stereocenters. The fraction of sp³-hybridized carbons (Fsp3) is 0.649. The lowest BCUT2D eigenvalue weighted by molar-refractivity contribution is -0.286. The van der Waals surface area contributed by atoms with Gasteiger partial charge >= 0.3 is 0 Å². The number of amides is 3. The summed E-state index contributed by atoms with van der Waals surface area (Å²) in [5.41, 5.74) is 5.53. The van der Waals surface area contributed by atoms with Crippen LogP contribution in [0.15, 0.2) is 35.6 Å². The minimum atomic E-state index is -1.13. The summed E-state index contributed by atoms with van der Waals surface area (Å²) in [6, 6.07) is 3.30. The molecule has 1 aromatic carbocycles. The van der Waals surface area contributed by atoms with Gasteiger partial charge in [0.2, 0.25) is 17.7 Å². The van der Waals surface area contributed by atoms with Gasteiger partial charge in [-0.05, 0) is 75.0 Å². The molecule has 1 aromatic heterocycles. The molecule has 4 fully saturated rings. The molecule has 14 heteroatoms. The van der Waals surface area contributed by atoms with Crippen LogP contribution in [0, 0.1) is 17.8 Å². The molecule has 5 N–H and O–H groups in total. The van der Waals surface area contributed by atoms with Crippen molar-refractivity contribution in [1.29, 1.82) is 0 Å². The summed E-state index contributed by atoms with van der Waals surface area (Å²) in [4.78, 5) is 65.6. The highest BCUT2D eigenvalue weighted by Gasteiger charge is 2.60. The van der Waals surface area contributed by atoms with Gasteiger partial charge in [0.25, 0.3) is 11.6 Å². The van der Waals surface area contributed by atoms with Crippen molar-refractivity contribution in [1.82, 2.24) is 25.1 Å². The van der Waals surface area contributed by atoms with Crippen LogP contribution in [0.5, 0.6) is 6.01 Å². The highest BCUT2D eigenvalue weighted by molar-refractivity contribution is 6.31. The van der Waals surface area contributed by atoms with Crippen LogP contribution in [0.4, 0.5) is 0 Å². The van der Waals surface area contributed by atoms with Gasteiger partial charge in [-0.15, -0.1) is 6.58 Å². The fourth-order valence-corrected chi connectivity index (χ4v) is 8.75. The lowest BCUT2D eigenvalue weighted by Gasteiger charge is -2.30. The molecule has 278 valence electrons. The van der Waals surface area contributed by atoms with Gasteiger partial charge in [0.15, 0.2) is 0 Å². The normalized spacial score (nSPS) is 28.2. The largest absolute Gasteiger partial charge is 0.459 e. The van der Waals surface area contributed by atoms with Crippen LogP contribution in [0.2, 0.25) is 5.02 Å². The first-order valence-corrected chi connectivity index (χ1v) is 18.9. The predicted molar refractivity (Wildman–Crippen MR) is 192 cm³/mol. The lowest BCUT2D eigenvalue weighted by Crippen LogP contribution is -2.57.